The summed E-state index contributed by atoms with van der Waals surface area (Å²) in [4.78, 5) is 17.8. The second kappa shape index (κ2) is 6.80. The lowest BCUT2D eigenvalue weighted by Gasteiger charge is -2.38. The first-order chi connectivity index (χ1) is 11.8. The van der Waals surface area contributed by atoms with Gasteiger partial charge in [-0.05, 0) is 30.5 Å². The van der Waals surface area contributed by atoms with Gasteiger partial charge in [-0.1, -0.05) is 23.7 Å². The topological polar surface area (TPSA) is 72.3 Å². The molecule has 0 atom stereocenters. The zero-order chi connectivity index (χ0) is 18.2. The molecule has 1 saturated heterocycles. The number of nitrogens with zero attached hydrogens (tertiary/aromatic N) is 3. The molecule has 1 fully saturated rings. The lowest BCUT2D eigenvalue weighted by atomic mass is 10.1. The van der Waals surface area contributed by atoms with Crippen LogP contribution in [0.15, 0.2) is 35.7 Å². The molecule has 25 heavy (non-hydrogen) atoms. The predicted molar refractivity (Wildman–Crippen MR) is 95.3 cm³/mol. The third-order valence-electron chi connectivity index (χ3n) is 4.52. The first-order valence-corrected chi connectivity index (χ1v) is 9.95. The van der Waals surface area contributed by atoms with Gasteiger partial charge in [0.1, 0.15) is 5.25 Å². The molecule has 1 aromatic carbocycles. The maximum atomic E-state index is 12.5. The van der Waals surface area contributed by atoms with E-state index in [1.165, 1.54) is 10.8 Å². The summed E-state index contributed by atoms with van der Waals surface area (Å²) < 4.78 is 26.4. The average molecular weight is 382 g/mol. The Hall–Kier alpha value is -1.86. The molecule has 1 aliphatic rings. The van der Waals surface area contributed by atoms with Crippen molar-refractivity contribution in [3.63, 3.8) is 0 Å². The number of aryl methyl sites for hydroxylation is 3. The van der Waals surface area contributed by atoms with E-state index in [4.69, 9.17) is 11.6 Å². The molecule has 0 aliphatic carbocycles. The van der Waals surface area contributed by atoms with Gasteiger partial charge in [-0.15, -0.1) is 0 Å². The van der Waals surface area contributed by atoms with E-state index < -0.39 is 15.1 Å². The summed E-state index contributed by atoms with van der Waals surface area (Å²) in [6.45, 7) is 2.39. The molecule has 0 saturated carbocycles. The number of carbonyl (C=O) groups excluding carboxylic acids is 1. The third-order valence-corrected chi connectivity index (χ3v) is 7.02. The summed E-state index contributed by atoms with van der Waals surface area (Å²) in [7, 11) is -1.84. The number of benzene rings is 1. The fraction of sp³-hybridized carbons (Fsp3) is 0.412. The summed E-state index contributed by atoms with van der Waals surface area (Å²) in [5.41, 5.74) is 2.03. The largest absolute Gasteiger partial charge is 0.340 e. The van der Waals surface area contributed by atoms with Crippen molar-refractivity contribution < 1.29 is 13.2 Å². The highest BCUT2D eigenvalue weighted by atomic mass is 35.5. The number of aromatic nitrogens is 2. The lowest BCUT2D eigenvalue weighted by Crippen LogP contribution is -2.57. The molecule has 1 aromatic heterocycles. The van der Waals surface area contributed by atoms with Gasteiger partial charge in [0, 0.05) is 44.0 Å². The molecule has 1 aliphatic heterocycles. The molecular formula is C17H20ClN3O3S. The summed E-state index contributed by atoms with van der Waals surface area (Å²) in [6.07, 6.45) is 4.03. The first-order valence-electron chi connectivity index (χ1n) is 8.03. The molecule has 2 heterocycles. The number of imidazole rings is 1. The summed E-state index contributed by atoms with van der Waals surface area (Å²) >= 11 is 6.00. The molecule has 134 valence electrons. The Bertz CT molecular complexity index is 902. The second-order valence-corrected chi connectivity index (χ2v) is 8.90. The van der Waals surface area contributed by atoms with Crippen molar-refractivity contribution in [1.29, 1.82) is 0 Å². The Morgan fingerprint density at radius 1 is 1.36 bits per heavy atom. The van der Waals surface area contributed by atoms with Crippen molar-refractivity contribution in [2.24, 2.45) is 7.05 Å². The Morgan fingerprint density at radius 2 is 2.08 bits per heavy atom. The van der Waals surface area contributed by atoms with Crippen LogP contribution in [0.2, 0.25) is 5.02 Å². The monoisotopic (exact) mass is 381 g/mol. The highest BCUT2D eigenvalue weighted by Gasteiger charge is 2.41. The van der Waals surface area contributed by atoms with Crippen LogP contribution in [-0.2, 0) is 28.1 Å². The van der Waals surface area contributed by atoms with E-state index in [-0.39, 0.29) is 24.2 Å². The van der Waals surface area contributed by atoms with Gasteiger partial charge in [0.15, 0.2) is 0 Å². The van der Waals surface area contributed by atoms with Crippen LogP contribution in [0.1, 0.15) is 17.5 Å². The molecule has 2 aromatic rings. The molecule has 0 spiro atoms. The van der Waals surface area contributed by atoms with Gasteiger partial charge in [-0.2, -0.15) is 0 Å². The van der Waals surface area contributed by atoms with E-state index in [0.717, 1.165) is 11.1 Å². The van der Waals surface area contributed by atoms with Crippen molar-refractivity contribution in [2.75, 3.05) is 13.1 Å². The maximum Gasteiger partial charge on any atom is 0.227 e. The van der Waals surface area contributed by atoms with Crippen LogP contribution in [0.3, 0.4) is 0 Å². The van der Waals surface area contributed by atoms with Gasteiger partial charge in [0.2, 0.25) is 20.9 Å². The van der Waals surface area contributed by atoms with Crippen molar-refractivity contribution in [2.45, 2.75) is 30.2 Å². The van der Waals surface area contributed by atoms with Gasteiger partial charge in [0.25, 0.3) is 0 Å². The number of halogens is 1. The summed E-state index contributed by atoms with van der Waals surface area (Å²) in [6, 6.07) is 5.71. The number of rotatable bonds is 5. The molecule has 8 heteroatoms. The summed E-state index contributed by atoms with van der Waals surface area (Å²) in [5, 5.41) is 0.191. The standard InChI is InChI=1S/C17H20ClN3O3S/c1-12-9-13(3-5-15(12)18)4-6-16(22)21-10-14(11-21)25(23,24)17-19-7-8-20(17)2/h3,5,7-9,14H,4,6,10-11H2,1-2H3. The molecule has 0 radical (unpaired) electrons. The van der Waals surface area contributed by atoms with Gasteiger partial charge >= 0.3 is 0 Å². The number of carbonyl (C=O) groups is 1. The van der Waals surface area contributed by atoms with Gasteiger partial charge in [-0.25, -0.2) is 13.4 Å². The highest BCUT2D eigenvalue weighted by Crippen LogP contribution is 2.23. The van der Waals surface area contributed by atoms with Crippen LogP contribution in [0.25, 0.3) is 0 Å². The Labute approximate surface area is 152 Å². The van der Waals surface area contributed by atoms with Crippen LogP contribution >= 0.6 is 11.6 Å². The van der Waals surface area contributed by atoms with E-state index in [0.29, 0.717) is 17.9 Å². The van der Waals surface area contributed by atoms with Crippen molar-refractivity contribution >= 4 is 27.3 Å². The van der Waals surface area contributed by atoms with E-state index in [9.17, 15) is 13.2 Å². The smallest absolute Gasteiger partial charge is 0.227 e. The molecule has 3 rings (SSSR count). The second-order valence-electron chi connectivity index (χ2n) is 6.37. The lowest BCUT2D eigenvalue weighted by molar-refractivity contribution is -0.134. The van der Waals surface area contributed by atoms with E-state index in [1.54, 1.807) is 18.1 Å². The highest BCUT2D eigenvalue weighted by molar-refractivity contribution is 7.92. The normalized spacial score (nSPS) is 15.2. The number of hydrogen-bond acceptors (Lipinski definition) is 4. The number of hydrogen-bond donors (Lipinski definition) is 0. The number of likely N-dealkylation sites (tertiary alicyclic amines) is 1. The zero-order valence-corrected chi connectivity index (χ0v) is 15.7. The van der Waals surface area contributed by atoms with Gasteiger partial charge in [0.05, 0.1) is 0 Å². The Morgan fingerprint density at radius 3 is 2.68 bits per heavy atom. The minimum Gasteiger partial charge on any atom is -0.340 e. The van der Waals surface area contributed by atoms with E-state index in [1.807, 2.05) is 25.1 Å². The SMILES string of the molecule is Cc1cc(CCC(=O)N2CC(S(=O)(=O)c3nccn3C)C2)ccc1Cl. The summed E-state index contributed by atoms with van der Waals surface area (Å²) in [5.74, 6) is -0.0288. The number of sulfone groups is 1. The molecule has 0 N–H and O–H groups in total. The molecule has 0 unspecified atom stereocenters. The number of amides is 1. The average Bonchev–Trinajstić information content (AvgIpc) is 2.93. The zero-order valence-electron chi connectivity index (χ0n) is 14.1. The fourth-order valence-corrected chi connectivity index (χ4v) is 4.72. The third kappa shape index (κ3) is 3.57. The van der Waals surface area contributed by atoms with E-state index in [2.05, 4.69) is 4.98 Å². The van der Waals surface area contributed by atoms with Crippen LogP contribution in [0.5, 0.6) is 0 Å². The minimum absolute atomic E-state index is 0.0288. The predicted octanol–water partition coefficient (Wildman–Crippen LogP) is 2.00. The van der Waals surface area contributed by atoms with Crippen molar-refractivity contribution in [1.82, 2.24) is 14.5 Å². The minimum atomic E-state index is -3.49. The Balaban J connectivity index is 1.55. The van der Waals surface area contributed by atoms with Crippen LogP contribution in [0, 0.1) is 6.92 Å². The van der Waals surface area contributed by atoms with Crippen LogP contribution in [0.4, 0.5) is 0 Å². The van der Waals surface area contributed by atoms with Crippen LogP contribution < -0.4 is 0 Å². The molecule has 0 bridgehead atoms. The molecule has 6 nitrogen and oxygen atoms in total. The fourth-order valence-electron chi connectivity index (χ4n) is 2.88. The molecule has 1 amide bonds. The van der Waals surface area contributed by atoms with Crippen LogP contribution in [-0.4, -0.2) is 47.1 Å². The van der Waals surface area contributed by atoms with Crippen molar-refractivity contribution in [3.8, 4) is 0 Å². The first kappa shape index (κ1) is 17.9. The van der Waals surface area contributed by atoms with Gasteiger partial charge in [-0.3, -0.25) is 4.79 Å². The Kier molecular flexibility index (Phi) is 4.88. The van der Waals surface area contributed by atoms with Crippen molar-refractivity contribution in [3.05, 3.63) is 46.7 Å². The maximum absolute atomic E-state index is 12.5. The van der Waals surface area contributed by atoms with Gasteiger partial charge < -0.3 is 9.47 Å². The molecular weight excluding hydrogens is 362 g/mol. The van der Waals surface area contributed by atoms with E-state index >= 15 is 0 Å². The quantitative estimate of drug-likeness (QED) is 0.794.